The van der Waals surface area contributed by atoms with Crippen LogP contribution in [0.5, 0.6) is 0 Å². The van der Waals surface area contributed by atoms with Crippen molar-refractivity contribution in [1.82, 2.24) is 10.3 Å². The molecule has 0 saturated carbocycles. The summed E-state index contributed by atoms with van der Waals surface area (Å²) in [4.78, 5) is 25.5. The summed E-state index contributed by atoms with van der Waals surface area (Å²) in [5.74, 6) is -3.09. The number of nitrogens with one attached hydrogen (secondary N) is 1. The van der Waals surface area contributed by atoms with E-state index in [9.17, 15) is 14.0 Å². The van der Waals surface area contributed by atoms with Gasteiger partial charge in [0, 0.05) is 0 Å². The first-order valence-electron chi connectivity index (χ1n) is 4.76. The molecule has 0 fully saturated rings. The van der Waals surface area contributed by atoms with Gasteiger partial charge in [-0.25, -0.2) is 9.78 Å². The number of amides is 1. The van der Waals surface area contributed by atoms with Crippen molar-refractivity contribution in [1.29, 1.82) is 0 Å². The first-order chi connectivity index (χ1) is 7.91. The first kappa shape index (κ1) is 13.0. The fourth-order valence-electron chi connectivity index (χ4n) is 1.14. The molecule has 1 rings (SSSR count). The van der Waals surface area contributed by atoms with Crippen molar-refractivity contribution < 1.29 is 24.2 Å². The number of carboxylic acids is 1. The van der Waals surface area contributed by atoms with E-state index in [2.05, 4.69) is 4.98 Å². The molecule has 0 aliphatic heterocycles. The number of aliphatic hydroxyl groups is 1. The lowest BCUT2D eigenvalue weighted by Gasteiger charge is -2.16. The van der Waals surface area contributed by atoms with Crippen molar-refractivity contribution in [2.24, 2.45) is 0 Å². The SMILES string of the molecule is CC(O)C(NC(=O)c1cccc(F)n1)C(=O)O. The number of carbonyl (C=O) groups is 2. The van der Waals surface area contributed by atoms with E-state index in [-0.39, 0.29) is 5.69 Å². The first-order valence-corrected chi connectivity index (χ1v) is 4.76. The van der Waals surface area contributed by atoms with Crippen molar-refractivity contribution in [2.45, 2.75) is 19.1 Å². The van der Waals surface area contributed by atoms with E-state index in [0.717, 1.165) is 6.07 Å². The largest absolute Gasteiger partial charge is 0.480 e. The van der Waals surface area contributed by atoms with Crippen LogP contribution >= 0.6 is 0 Å². The number of halogens is 1. The standard InChI is InChI=1S/C10H11FN2O4/c1-5(14)8(10(16)17)13-9(15)6-3-2-4-7(11)12-6/h2-5,8,14H,1H3,(H,13,15)(H,16,17). The second-order valence-electron chi connectivity index (χ2n) is 3.38. The van der Waals surface area contributed by atoms with Crippen molar-refractivity contribution in [2.75, 3.05) is 0 Å². The van der Waals surface area contributed by atoms with Crippen molar-refractivity contribution in [3.63, 3.8) is 0 Å². The maximum atomic E-state index is 12.7. The minimum absolute atomic E-state index is 0.253. The Morgan fingerprint density at radius 1 is 1.47 bits per heavy atom. The van der Waals surface area contributed by atoms with Gasteiger partial charge in [0.25, 0.3) is 5.91 Å². The fraction of sp³-hybridized carbons (Fsp3) is 0.300. The molecule has 2 atom stereocenters. The molecule has 1 aromatic heterocycles. The summed E-state index contributed by atoms with van der Waals surface area (Å²) in [6.07, 6.45) is -1.27. The number of carbonyl (C=O) groups excluding carboxylic acids is 1. The van der Waals surface area contributed by atoms with Gasteiger partial charge in [0.2, 0.25) is 5.95 Å². The molecule has 6 nitrogen and oxygen atoms in total. The van der Waals surface area contributed by atoms with E-state index < -0.39 is 30.0 Å². The van der Waals surface area contributed by atoms with E-state index in [1.54, 1.807) is 0 Å². The third-order valence-corrected chi connectivity index (χ3v) is 1.98. The Morgan fingerprint density at radius 2 is 2.12 bits per heavy atom. The lowest BCUT2D eigenvalue weighted by molar-refractivity contribution is -0.141. The highest BCUT2D eigenvalue weighted by atomic mass is 19.1. The number of aliphatic hydroxyl groups excluding tert-OH is 1. The predicted octanol–water partition coefficient (Wildman–Crippen LogP) is -0.216. The van der Waals surface area contributed by atoms with Crippen molar-refractivity contribution >= 4 is 11.9 Å². The van der Waals surface area contributed by atoms with Gasteiger partial charge in [-0.1, -0.05) is 6.07 Å². The second kappa shape index (κ2) is 5.35. The van der Waals surface area contributed by atoms with Crippen LogP contribution < -0.4 is 5.32 Å². The van der Waals surface area contributed by atoms with Crippen LogP contribution in [-0.2, 0) is 4.79 Å². The monoisotopic (exact) mass is 242 g/mol. The molecule has 0 saturated heterocycles. The second-order valence-corrected chi connectivity index (χ2v) is 3.38. The molecule has 0 bridgehead atoms. The molecule has 17 heavy (non-hydrogen) atoms. The summed E-state index contributed by atoms with van der Waals surface area (Å²) in [6.45, 7) is 1.22. The van der Waals surface area contributed by atoms with E-state index in [4.69, 9.17) is 10.2 Å². The zero-order chi connectivity index (χ0) is 13.0. The molecule has 2 unspecified atom stereocenters. The Labute approximate surface area is 96.1 Å². The normalized spacial score (nSPS) is 13.8. The van der Waals surface area contributed by atoms with Gasteiger partial charge in [-0.05, 0) is 19.1 Å². The van der Waals surface area contributed by atoms with Crippen LogP contribution in [0.2, 0.25) is 0 Å². The van der Waals surface area contributed by atoms with E-state index in [1.807, 2.05) is 5.32 Å². The van der Waals surface area contributed by atoms with E-state index in [0.29, 0.717) is 0 Å². The van der Waals surface area contributed by atoms with Gasteiger partial charge in [0.05, 0.1) is 6.10 Å². The molecule has 92 valence electrons. The molecule has 0 spiro atoms. The molecule has 0 radical (unpaired) electrons. The number of aromatic nitrogens is 1. The van der Waals surface area contributed by atoms with Gasteiger partial charge >= 0.3 is 5.97 Å². The van der Waals surface area contributed by atoms with Crippen molar-refractivity contribution in [3.8, 4) is 0 Å². The molecule has 1 heterocycles. The van der Waals surface area contributed by atoms with Crippen LogP contribution in [0.4, 0.5) is 4.39 Å². The fourth-order valence-corrected chi connectivity index (χ4v) is 1.14. The number of hydrogen-bond acceptors (Lipinski definition) is 4. The molecular formula is C10H11FN2O4. The third kappa shape index (κ3) is 3.49. The molecule has 3 N–H and O–H groups in total. The minimum atomic E-state index is -1.47. The summed E-state index contributed by atoms with van der Waals surface area (Å²) in [5.41, 5.74) is -0.253. The van der Waals surface area contributed by atoms with Crippen LogP contribution in [0, 0.1) is 5.95 Å². The molecule has 0 aliphatic carbocycles. The Bertz CT molecular complexity index is 436. The van der Waals surface area contributed by atoms with Crippen LogP contribution in [0.25, 0.3) is 0 Å². The molecule has 1 amide bonds. The van der Waals surface area contributed by atoms with Gasteiger partial charge in [-0.15, -0.1) is 0 Å². The summed E-state index contributed by atoms with van der Waals surface area (Å²) < 4.78 is 12.7. The average Bonchev–Trinajstić information content (AvgIpc) is 2.24. The average molecular weight is 242 g/mol. The minimum Gasteiger partial charge on any atom is -0.480 e. The number of nitrogens with zero attached hydrogens (tertiary/aromatic N) is 1. The zero-order valence-corrected chi connectivity index (χ0v) is 8.92. The molecule has 0 aromatic carbocycles. The molecule has 7 heteroatoms. The Morgan fingerprint density at radius 3 is 2.59 bits per heavy atom. The van der Waals surface area contributed by atoms with Crippen LogP contribution in [0.15, 0.2) is 18.2 Å². The lowest BCUT2D eigenvalue weighted by atomic mass is 10.2. The van der Waals surface area contributed by atoms with E-state index in [1.165, 1.54) is 19.1 Å². The number of hydrogen-bond donors (Lipinski definition) is 3. The maximum Gasteiger partial charge on any atom is 0.328 e. The molecular weight excluding hydrogens is 231 g/mol. The number of rotatable bonds is 4. The van der Waals surface area contributed by atoms with Crippen LogP contribution in [-0.4, -0.2) is 39.2 Å². The number of carboxylic acid groups (broad SMARTS) is 1. The lowest BCUT2D eigenvalue weighted by Crippen LogP contribution is -2.47. The molecule has 0 aliphatic rings. The van der Waals surface area contributed by atoms with Gasteiger partial charge in [-0.2, -0.15) is 4.39 Å². The quantitative estimate of drug-likeness (QED) is 0.634. The van der Waals surface area contributed by atoms with Gasteiger partial charge < -0.3 is 15.5 Å². The van der Waals surface area contributed by atoms with Gasteiger partial charge in [0.1, 0.15) is 5.69 Å². The van der Waals surface area contributed by atoms with Crippen molar-refractivity contribution in [3.05, 3.63) is 29.8 Å². The van der Waals surface area contributed by atoms with Crippen LogP contribution in [0.3, 0.4) is 0 Å². The highest BCUT2D eigenvalue weighted by Crippen LogP contribution is 2.00. The highest BCUT2D eigenvalue weighted by Gasteiger charge is 2.25. The Kier molecular flexibility index (Phi) is 4.11. The zero-order valence-electron chi connectivity index (χ0n) is 8.92. The summed E-state index contributed by atoms with van der Waals surface area (Å²) >= 11 is 0. The van der Waals surface area contributed by atoms with Gasteiger partial charge in [0.15, 0.2) is 6.04 Å². The number of aliphatic carboxylic acids is 1. The smallest absolute Gasteiger partial charge is 0.328 e. The molecule has 1 aromatic rings. The Hall–Kier alpha value is -2.02. The topological polar surface area (TPSA) is 99.5 Å². The third-order valence-electron chi connectivity index (χ3n) is 1.98. The Balaban J connectivity index is 2.81. The van der Waals surface area contributed by atoms with Gasteiger partial charge in [-0.3, -0.25) is 4.79 Å². The maximum absolute atomic E-state index is 12.7. The van der Waals surface area contributed by atoms with E-state index >= 15 is 0 Å². The summed E-state index contributed by atoms with van der Waals surface area (Å²) in [5, 5.41) is 19.9. The summed E-state index contributed by atoms with van der Waals surface area (Å²) in [7, 11) is 0. The van der Waals surface area contributed by atoms with Crippen LogP contribution in [0.1, 0.15) is 17.4 Å². The number of pyridine rings is 1. The predicted molar refractivity (Wildman–Crippen MR) is 54.8 cm³/mol. The summed E-state index contributed by atoms with van der Waals surface area (Å²) in [6, 6.07) is 2.10. The highest BCUT2D eigenvalue weighted by molar-refractivity contribution is 5.95.